The Bertz CT molecular complexity index is 421. The first-order valence-electron chi connectivity index (χ1n) is 6.78. The number of aliphatic carboxylic acids is 1. The van der Waals surface area contributed by atoms with Crippen molar-refractivity contribution < 1.29 is 9.90 Å². The standard InChI is InChI=1S/C15H22N2O2/c1-16-10-6-9-13(11-16)17(2)14(15(18)19)12-7-4-3-5-8-12/h3-5,7-8,13-14H,6,9-11H2,1-2H3,(H,18,19). The van der Waals surface area contributed by atoms with Crippen molar-refractivity contribution in [3.05, 3.63) is 35.9 Å². The molecule has 1 saturated heterocycles. The number of nitrogens with zero attached hydrogens (tertiary/aromatic N) is 2. The molecule has 4 nitrogen and oxygen atoms in total. The Hall–Kier alpha value is -1.39. The lowest BCUT2D eigenvalue weighted by Gasteiger charge is -2.38. The quantitative estimate of drug-likeness (QED) is 0.899. The van der Waals surface area contributed by atoms with Crippen molar-refractivity contribution in [2.24, 2.45) is 0 Å². The van der Waals surface area contributed by atoms with Gasteiger partial charge in [0.15, 0.2) is 0 Å². The molecule has 4 heteroatoms. The average molecular weight is 262 g/mol. The van der Waals surface area contributed by atoms with Crippen LogP contribution in [0.5, 0.6) is 0 Å². The lowest BCUT2D eigenvalue weighted by Crippen LogP contribution is -2.47. The first kappa shape index (κ1) is 14.0. The van der Waals surface area contributed by atoms with Crippen LogP contribution in [0.25, 0.3) is 0 Å². The summed E-state index contributed by atoms with van der Waals surface area (Å²) in [7, 11) is 4.02. The van der Waals surface area contributed by atoms with Crippen LogP contribution in [-0.4, -0.2) is 54.1 Å². The van der Waals surface area contributed by atoms with Crippen LogP contribution in [0, 0.1) is 0 Å². The second kappa shape index (κ2) is 6.17. The summed E-state index contributed by atoms with van der Waals surface area (Å²) in [6.45, 7) is 2.04. The zero-order chi connectivity index (χ0) is 13.8. The smallest absolute Gasteiger partial charge is 0.325 e. The summed E-state index contributed by atoms with van der Waals surface area (Å²) < 4.78 is 0. The van der Waals surface area contributed by atoms with Crippen LogP contribution in [-0.2, 0) is 4.79 Å². The highest BCUT2D eigenvalue weighted by molar-refractivity contribution is 5.75. The summed E-state index contributed by atoms with van der Waals surface area (Å²) in [5.74, 6) is -0.776. The molecule has 0 spiro atoms. The van der Waals surface area contributed by atoms with Crippen molar-refractivity contribution in [3.63, 3.8) is 0 Å². The second-order valence-electron chi connectivity index (χ2n) is 5.38. The molecular weight excluding hydrogens is 240 g/mol. The Balaban J connectivity index is 2.17. The number of benzene rings is 1. The number of carbonyl (C=O) groups is 1. The number of rotatable bonds is 4. The van der Waals surface area contributed by atoms with Crippen molar-refractivity contribution >= 4 is 5.97 Å². The predicted octanol–water partition coefficient (Wildman–Crippen LogP) is 1.84. The van der Waals surface area contributed by atoms with E-state index in [1.807, 2.05) is 42.3 Å². The molecule has 0 bridgehead atoms. The van der Waals surface area contributed by atoms with Gasteiger partial charge in [-0.25, -0.2) is 0 Å². The highest BCUT2D eigenvalue weighted by Gasteiger charge is 2.31. The Morgan fingerprint density at radius 2 is 2.11 bits per heavy atom. The summed E-state index contributed by atoms with van der Waals surface area (Å²) in [6.07, 6.45) is 2.20. The van der Waals surface area contributed by atoms with Crippen LogP contribution in [0.4, 0.5) is 0 Å². The SMILES string of the molecule is CN1CCCC(N(C)C(C(=O)O)c2ccccc2)C1. The van der Waals surface area contributed by atoms with E-state index in [0.717, 1.165) is 31.5 Å². The maximum atomic E-state index is 11.6. The van der Waals surface area contributed by atoms with E-state index in [0.29, 0.717) is 6.04 Å². The number of piperidine rings is 1. The minimum Gasteiger partial charge on any atom is -0.480 e. The van der Waals surface area contributed by atoms with E-state index in [1.165, 1.54) is 0 Å². The first-order chi connectivity index (χ1) is 9.09. The van der Waals surface area contributed by atoms with Gasteiger partial charge in [-0.3, -0.25) is 9.69 Å². The van der Waals surface area contributed by atoms with Crippen LogP contribution in [0.15, 0.2) is 30.3 Å². The Kier molecular flexibility index (Phi) is 4.56. The molecule has 0 aliphatic carbocycles. The minimum atomic E-state index is -0.776. The van der Waals surface area contributed by atoms with Gasteiger partial charge in [0.25, 0.3) is 0 Å². The number of likely N-dealkylation sites (N-methyl/N-ethyl adjacent to an activating group) is 2. The maximum Gasteiger partial charge on any atom is 0.325 e. The Morgan fingerprint density at radius 1 is 1.42 bits per heavy atom. The largest absolute Gasteiger partial charge is 0.480 e. The summed E-state index contributed by atoms with van der Waals surface area (Å²) in [4.78, 5) is 15.9. The van der Waals surface area contributed by atoms with Gasteiger partial charge >= 0.3 is 5.97 Å². The molecule has 0 aromatic heterocycles. The predicted molar refractivity (Wildman–Crippen MR) is 75.1 cm³/mol. The molecule has 2 atom stereocenters. The van der Waals surface area contributed by atoms with Crippen LogP contribution in [0.1, 0.15) is 24.4 Å². The molecular formula is C15H22N2O2. The van der Waals surface area contributed by atoms with Crippen LogP contribution in [0.3, 0.4) is 0 Å². The molecule has 2 rings (SSSR count). The molecule has 1 aliphatic heterocycles. The van der Waals surface area contributed by atoms with Gasteiger partial charge in [-0.15, -0.1) is 0 Å². The van der Waals surface area contributed by atoms with Gasteiger partial charge in [0.2, 0.25) is 0 Å². The van der Waals surface area contributed by atoms with E-state index in [-0.39, 0.29) is 0 Å². The number of carboxylic acid groups (broad SMARTS) is 1. The summed E-state index contributed by atoms with van der Waals surface area (Å²) >= 11 is 0. The highest BCUT2D eigenvalue weighted by atomic mass is 16.4. The third-order valence-corrected chi connectivity index (χ3v) is 3.93. The molecule has 2 unspecified atom stereocenters. The van der Waals surface area contributed by atoms with E-state index >= 15 is 0 Å². The fourth-order valence-corrected chi connectivity index (χ4v) is 2.87. The van der Waals surface area contributed by atoms with E-state index < -0.39 is 12.0 Å². The molecule has 0 radical (unpaired) electrons. The zero-order valence-electron chi connectivity index (χ0n) is 11.6. The lowest BCUT2D eigenvalue weighted by atomic mass is 9.99. The molecule has 0 saturated carbocycles. The Morgan fingerprint density at radius 3 is 2.68 bits per heavy atom. The third-order valence-electron chi connectivity index (χ3n) is 3.93. The van der Waals surface area contributed by atoms with Crippen LogP contribution in [0.2, 0.25) is 0 Å². The second-order valence-corrected chi connectivity index (χ2v) is 5.38. The van der Waals surface area contributed by atoms with Gasteiger partial charge in [-0.05, 0) is 39.0 Å². The third kappa shape index (κ3) is 3.33. The highest BCUT2D eigenvalue weighted by Crippen LogP contribution is 2.25. The molecule has 1 fully saturated rings. The zero-order valence-corrected chi connectivity index (χ0v) is 11.6. The topological polar surface area (TPSA) is 43.8 Å². The van der Waals surface area contributed by atoms with Crippen molar-refractivity contribution in [3.8, 4) is 0 Å². The van der Waals surface area contributed by atoms with Crippen molar-refractivity contribution in [1.29, 1.82) is 0 Å². The average Bonchev–Trinajstić information content (AvgIpc) is 2.39. The van der Waals surface area contributed by atoms with Crippen LogP contribution >= 0.6 is 0 Å². The van der Waals surface area contributed by atoms with E-state index in [2.05, 4.69) is 11.9 Å². The maximum absolute atomic E-state index is 11.6. The van der Waals surface area contributed by atoms with Gasteiger partial charge < -0.3 is 10.0 Å². The number of carboxylic acids is 1. The van der Waals surface area contributed by atoms with Gasteiger partial charge in [-0.1, -0.05) is 30.3 Å². The molecule has 1 aliphatic rings. The summed E-state index contributed by atoms with van der Waals surface area (Å²) in [5.41, 5.74) is 0.853. The minimum absolute atomic E-state index is 0.306. The normalized spacial score (nSPS) is 22.4. The lowest BCUT2D eigenvalue weighted by molar-refractivity contribution is -0.144. The van der Waals surface area contributed by atoms with Crippen molar-refractivity contribution in [2.45, 2.75) is 24.9 Å². The van der Waals surface area contributed by atoms with Gasteiger partial charge in [-0.2, -0.15) is 0 Å². The fourth-order valence-electron chi connectivity index (χ4n) is 2.87. The van der Waals surface area contributed by atoms with E-state index in [9.17, 15) is 9.90 Å². The molecule has 1 aromatic carbocycles. The van der Waals surface area contributed by atoms with E-state index in [1.54, 1.807) is 0 Å². The summed E-state index contributed by atoms with van der Waals surface area (Å²) in [6, 6.07) is 9.23. The molecule has 1 N–H and O–H groups in total. The Labute approximate surface area is 114 Å². The number of hydrogen-bond donors (Lipinski definition) is 1. The van der Waals surface area contributed by atoms with Crippen molar-refractivity contribution in [1.82, 2.24) is 9.80 Å². The number of likely N-dealkylation sites (tertiary alicyclic amines) is 1. The molecule has 1 aromatic rings. The molecule has 1 heterocycles. The van der Waals surface area contributed by atoms with Gasteiger partial charge in [0, 0.05) is 12.6 Å². The van der Waals surface area contributed by atoms with Crippen molar-refractivity contribution in [2.75, 3.05) is 27.2 Å². The van der Waals surface area contributed by atoms with E-state index in [4.69, 9.17) is 0 Å². The number of hydrogen-bond acceptors (Lipinski definition) is 3. The molecule has 104 valence electrons. The fraction of sp³-hybridized carbons (Fsp3) is 0.533. The van der Waals surface area contributed by atoms with Gasteiger partial charge in [0.05, 0.1) is 0 Å². The van der Waals surface area contributed by atoms with Gasteiger partial charge in [0.1, 0.15) is 6.04 Å². The first-order valence-corrected chi connectivity index (χ1v) is 6.78. The van der Waals surface area contributed by atoms with Crippen LogP contribution < -0.4 is 0 Å². The summed E-state index contributed by atoms with van der Waals surface area (Å²) in [5, 5.41) is 9.54. The molecule has 19 heavy (non-hydrogen) atoms. The molecule has 0 amide bonds. The monoisotopic (exact) mass is 262 g/mol.